The van der Waals surface area contributed by atoms with Crippen molar-refractivity contribution in [1.82, 2.24) is 0 Å². The van der Waals surface area contributed by atoms with Crippen molar-refractivity contribution in [1.29, 1.82) is 0 Å². The Morgan fingerprint density at radius 1 is 1.25 bits per heavy atom. The summed E-state index contributed by atoms with van der Waals surface area (Å²) < 4.78 is 26.5. The lowest BCUT2D eigenvalue weighted by molar-refractivity contribution is 0.335. The minimum atomic E-state index is -4.04. The van der Waals surface area contributed by atoms with Crippen LogP contribution < -0.4 is 0 Å². The van der Waals surface area contributed by atoms with Crippen LogP contribution in [-0.2, 0) is 13.7 Å². The molecule has 0 aromatic carbocycles. The van der Waals surface area contributed by atoms with Gasteiger partial charge in [0.05, 0.1) is 12.8 Å². The Morgan fingerprint density at radius 3 is 2.08 bits per heavy atom. The van der Waals surface area contributed by atoms with Gasteiger partial charge in [0.1, 0.15) is 0 Å². The number of hydrogen-bond donors (Lipinski definition) is 2. The third kappa shape index (κ3) is 7.01. The highest BCUT2D eigenvalue weighted by atomic mass is 31.2. The maximum Gasteiger partial charge on any atom is 0.326 e. The lowest BCUT2D eigenvalue weighted by atomic mass is 10.9. The Bertz CT molecular complexity index is 220. The first-order valence-electron chi connectivity index (χ1n) is 3.52. The molecule has 0 fully saturated rings. The molecule has 12 heavy (non-hydrogen) atoms. The van der Waals surface area contributed by atoms with Crippen molar-refractivity contribution in [2.45, 2.75) is 6.92 Å². The highest BCUT2D eigenvalue weighted by molar-refractivity contribution is 7.60. The summed E-state index contributed by atoms with van der Waals surface area (Å²) in [6, 6.07) is 0. The third-order valence-corrected chi connectivity index (χ3v) is 4.20. The molecule has 0 aromatic heterocycles. The van der Waals surface area contributed by atoms with E-state index in [-0.39, 0.29) is 12.3 Å². The first-order valence-corrected chi connectivity index (χ1v) is 7.58. The van der Waals surface area contributed by atoms with E-state index in [1.165, 1.54) is 6.66 Å². The standard InChI is InChI=1S/C5H14O5P2/c1-3-10-11(2,6)4-5-12(7,8)9/h3-5H2,1-2H3,(H2,7,8,9). The molecule has 0 saturated carbocycles. The number of rotatable bonds is 5. The van der Waals surface area contributed by atoms with Gasteiger partial charge in [-0.15, -0.1) is 0 Å². The van der Waals surface area contributed by atoms with Crippen LogP contribution in [0, 0.1) is 0 Å². The van der Waals surface area contributed by atoms with Gasteiger partial charge in [0, 0.05) is 12.8 Å². The summed E-state index contributed by atoms with van der Waals surface area (Å²) in [5, 5.41) is 0. The Hall–Kier alpha value is 0.340. The van der Waals surface area contributed by atoms with Gasteiger partial charge in [-0.05, 0) is 6.92 Å². The molecule has 1 unspecified atom stereocenters. The fraction of sp³-hybridized carbons (Fsp3) is 1.00. The van der Waals surface area contributed by atoms with E-state index in [1.54, 1.807) is 6.92 Å². The molecular formula is C5H14O5P2. The van der Waals surface area contributed by atoms with Crippen LogP contribution in [0.3, 0.4) is 0 Å². The fourth-order valence-electron chi connectivity index (χ4n) is 0.650. The van der Waals surface area contributed by atoms with E-state index in [1.807, 2.05) is 0 Å². The van der Waals surface area contributed by atoms with E-state index < -0.39 is 15.0 Å². The van der Waals surface area contributed by atoms with Crippen molar-refractivity contribution in [2.75, 3.05) is 25.6 Å². The van der Waals surface area contributed by atoms with Crippen molar-refractivity contribution in [3.8, 4) is 0 Å². The topological polar surface area (TPSA) is 83.8 Å². The molecule has 1 atom stereocenters. The van der Waals surface area contributed by atoms with Gasteiger partial charge in [-0.1, -0.05) is 0 Å². The molecule has 0 rings (SSSR count). The molecule has 0 saturated heterocycles. The van der Waals surface area contributed by atoms with Crippen LogP contribution in [0.2, 0.25) is 0 Å². The summed E-state index contributed by atoms with van der Waals surface area (Å²) >= 11 is 0. The van der Waals surface area contributed by atoms with Crippen LogP contribution in [0.15, 0.2) is 0 Å². The summed E-state index contributed by atoms with van der Waals surface area (Å²) in [4.78, 5) is 17.0. The smallest absolute Gasteiger partial charge is 0.326 e. The maximum absolute atomic E-state index is 11.3. The largest absolute Gasteiger partial charge is 0.329 e. The van der Waals surface area contributed by atoms with Crippen LogP contribution >= 0.6 is 15.0 Å². The Kier molecular flexibility index (Phi) is 4.67. The van der Waals surface area contributed by atoms with E-state index in [0.29, 0.717) is 6.61 Å². The van der Waals surface area contributed by atoms with Crippen LogP contribution in [0.5, 0.6) is 0 Å². The van der Waals surface area contributed by atoms with E-state index >= 15 is 0 Å². The maximum atomic E-state index is 11.3. The first-order chi connectivity index (χ1) is 5.27. The van der Waals surface area contributed by atoms with Crippen molar-refractivity contribution in [3.63, 3.8) is 0 Å². The summed E-state index contributed by atoms with van der Waals surface area (Å²) in [6.07, 6.45) is -0.439. The van der Waals surface area contributed by atoms with E-state index in [9.17, 15) is 9.13 Å². The van der Waals surface area contributed by atoms with Crippen LogP contribution in [0.25, 0.3) is 0 Å². The van der Waals surface area contributed by atoms with E-state index in [0.717, 1.165) is 0 Å². The zero-order chi connectivity index (χ0) is 9.83. The predicted octanol–water partition coefficient (Wildman–Crippen LogP) is 1.11. The van der Waals surface area contributed by atoms with Crippen molar-refractivity contribution < 1.29 is 23.4 Å². The quantitative estimate of drug-likeness (QED) is 0.672. The minimum absolute atomic E-state index is 0.0644. The summed E-state index contributed by atoms with van der Waals surface area (Å²) in [5.74, 6) is 0. The van der Waals surface area contributed by atoms with Gasteiger partial charge in [0.15, 0.2) is 0 Å². The monoisotopic (exact) mass is 216 g/mol. The van der Waals surface area contributed by atoms with Crippen LogP contribution in [-0.4, -0.2) is 35.4 Å². The van der Waals surface area contributed by atoms with Crippen LogP contribution in [0.4, 0.5) is 0 Å². The highest BCUT2D eigenvalue weighted by Gasteiger charge is 2.21. The van der Waals surface area contributed by atoms with E-state index in [4.69, 9.17) is 14.3 Å². The van der Waals surface area contributed by atoms with Crippen molar-refractivity contribution >= 4 is 15.0 Å². The Balaban J connectivity index is 3.93. The molecule has 0 spiro atoms. The second-order valence-corrected chi connectivity index (χ2v) is 7.05. The zero-order valence-electron chi connectivity index (χ0n) is 7.13. The normalized spacial score (nSPS) is 17.3. The second kappa shape index (κ2) is 4.54. The average molecular weight is 216 g/mol. The highest BCUT2D eigenvalue weighted by Crippen LogP contribution is 2.47. The molecule has 0 heterocycles. The first kappa shape index (κ1) is 12.3. The molecule has 2 N–H and O–H groups in total. The Morgan fingerprint density at radius 2 is 1.75 bits per heavy atom. The SMILES string of the molecule is CCOP(C)(=O)CCP(=O)(O)O. The van der Waals surface area contributed by atoms with Gasteiger partial charge in [0.2, 0.25) is 7.37 Å². The molecule has 0 aromatic rings. The van der Waals surface area contributed by atoms with Gasteiger partial charge in [0.25, 0.3) is 0 Å². The van der Waals surface area contributed by atoms with Gasteiger partial charge in [-0.25, -0.2) is 0 Å². The molecule has 0 amide bonds. The third-order valence-electron chi connectivity index (χ3n) is 1.20. The molecule has 5 nitrogen and oxygen atoms in total. The zero-order valence-corrected chi connectivity index (χ0v) is 8.92. The minimum Gasteiger partial charge on any atom is -0.329 e. The fourth-order valence-corrected chi connectivity index (χ4v) is 3.82. The predicted molar refractivity (Wildman–Crippen MR) is 46.9 cm³/mol. The van der Waals surface area contributed by atoms with Crippen molar-refractivity contribution in [2.24, 2.45) is 0 Å². The molecule has 0 bridgehead atoms. The summed E-state index contributed by atoms with van der Waals surface area (Å²) in [5.41, 5.74) is 0. The second-order valence-electron chi connectivity index (χ2n) is 2.54. The molecule has 0 aliphatic rings. The van der Waals surface area contributed by atoms with Gasteiger partial charge in [-0.3, -0.25) is 9.13 Å². The Labute approximate surface area is 71.7 Å². The summed E-state index contributed by atoms with van der Waals surface area (Å²) in [7, 11) is -6.82. The van der Waals surface area contributed by atoms with Gasteiger partial charge in [-0.2, -0.15) is 0 Å². The van der Waals surface area contributed by atoms with E-state index in [2.05, 4.69) is 0 Å². The molecule has 7 heteroatoms. The van der Waals surface area contributed by atoms with Crippen molar-refractivity contribution in [3.05, 3.63) is 0 Å². The lowest BCUT2D eigenvalue weighted by Crippen LogP contribution is -1.99. The molecule has 0 aliphatic carbocycles. The average Bonchev–Trinajstić information content (AvgIpc) is 1.83. The molecular weight excluding hydrogens is 202 g/mol. The molecule has 0 radical (unpaired) electrons. The van der Waals surface area contributed by atoms with Gasteiger partial charge < -0.3 is 14.3 Å². The van der Waals surface area contributed by atoms with Gasteiger partial charge >= 0.3 is 7.60 Å². The molecule has 74 valence electrons. The summed E-state index contributed by atoms with van der Waals surface area (Å²) in [6.45, 7) is 3.37. The lowest BCUT2D eigenvalue weighted by Gasteiger charge is -2.12. The van der Waals surface area contributed by atoms with Crippen LogP contribution in [0.1, 0.15) is 6.92 Å². The number of hydrogen-bond acceptors (Lipinski definition) is 3. The molecule has 0 aliphatic heterocycles.